The Balaban J connectivity index is 2.12. The van der Waals surface area contributed by atoms with Crippen LogP contribution in [0.5, 0.6) is 0 Å². The molecule has 5 heteroatoms. The molecule has 0 spiro atoms. The van der Waals surface area contributed by atoms with Gasteiger partial charge in [-0.25, -0.2) is 0 Å². The molecule has 19 heavy (non-hydrogen) atoms. The highest BCUT2D eigenvalue weighted by molar-refractivity contribution is 5.96. The maximum absolute atomic E-state index is 12.1. The van der Waals surface area contributed by atoms with E-state index in [0.29, 0.717) is 11.3 Å². The molecule has 98 valence electrons. The summed E-state index contributed by atoms with van der Waals surface area (Å²) in [5.41, 5.74) is 0.558. The molecule has 2 aromatic rings. The van der Waals surface area contributed by atoms with Gasteiger partial charge in [0, 0.05) is 16.9 Å². The highest BCUT2D eigenvalue weighted by atomic mass is 16.6. The van der Waals surface area contributed by atoms with Crippen molar-refractivity contribution in [1.29, 1.82) is 0 Å². The zero-order valence-corrected chi connectivity index (χ0v) is 10.2. The van der Waals surface area contributed by atoms with Gasteiger partial charge in [0.05, 0.1) is 12.2 Å². The van der Waals surface area contributed by atoms with E-state index in [0.717, 1.165) is 0 Å². The zero-order valence-electron chi connectivity index (χ0n) is 10.2. The molecule has 0 saturated heterocycles. The van der Waals surface area contributed by atoms with Crippen LogP contribution in [0.3, 0.4) is 0 Å². The Morgan fingerprint density at radius 1 is 1.21 bits per heavy atom. The highest BCUT2D eigenvalue weighted by Crippen LogP contribution is 2.22. The first-order valence-electron chi connectivity index (χ1n) is 5.90. The molecular formula is C14H13NO4. The van der Waals surface area contributed by atoms with Gasteiger partial charge in [-0.1, -0.05) is 30.3 Å². The molecule has 0 N–H and O–H groups in total. The van der Waals surface area contributed by atoms with Crippen LogP contribution in [-0.2, 0) is 0 Å². The lowest BCUT2D eigenvalue weighted by atomic mass is 9.96. The summed E-state index contributed by atoms with van der Waals surface area (Å²) in [6.07, 6.45) is 1.52. The zero-order chi connectivity index (χ0) is 13.7. The highest BCUT2D eigenvalue weighted by Gasteiger charge is 2.24. The van der Waals surface area contributed by atoms with Crippen molar-refractivity contribution >= 4 is 5.78 Å². The number of furan rings is 1. The summed E-state index contributed by atoms with van der Waals surface area (Å²) < 4.78 is 5.18. The van der Waals surface area contributed by atoms with Crippen molar-refractivity contribution in [2.75, 3.05) is 6.54 Å². The van der Waals surface area contributed by atoms with E-state index in [4.69, 9.17) is 4.42 Å². The summed E-state index contributed by atoms with van der Waals surface area (Å²) in [6, 6.07) is 12.1. The van der Waals surface area contributed by atoms with Gasteiger partial charge in [0.25, 0.3) is 0 Å². The largest absolute Gasteiger partial charge is 0.469 e. The minimum absolute atomic E-state index is 0.0680. The summed E-state index contributed by atoms with van der Waals surface area (Å²) in [5, 5.41) is 10.7. The number of nitro groups is 1. The Hall–Kier alpha value is -2.43. The maximum Gasteiger partial charge on any atom is 0.214 e. The van der Waals surface area contributed by atoms with Gasteiger partial charge in [0.15, 0.2) is 5.78 Å². The van der Waals surface area contributed by atoms with Crippen LogP contribution in [0.4, 0.5) is 0 Å². The number of hydrogen-bond donors (Lipinski definition) is 0. The molecule has 0 amide bonds. The first kappa shape index (κ1) is 13.0. The van der Waals surface area contributed by atoms with Crippen molar-refractivity contribution < 1.29 is 14.1 Å². The van der Waals surface area contributed by atoms with Gasteiger partial charge in [0.2, 0.25) is 6.54 Å². The molecular weight excluding hydrogens is 246 g/mol. The van der Waals surface area contributed by atoms with E-state index < -0.39 is 10.8 Å². The Labute approximate surface area is 110 Å². The second kappa shape index (κ2) is 5.95. The number of carbonyl (C=O) groups excluding carboxylic acids is 1. The molecule has 1 heterocycles. The lowest BCUT2D eigenvalue weighted by molar-refractivity contribution is -0.483. The van der Waals surface area contributed by atoms with Crippen LogP contribution >= 0.6 is 0 Å². The Kier molecular flexibility index (Phi) is 4.07. The molecule has 0 aliphatic carbocycles. The molecule has 0 radical (unpaired) electrons. The quantitative estimate of drug-likeness (QED) is 0.454. The molecule has 0 aliphatic heterocycles. The van der Waals surface area contributed by atoms with Gasteiger partial charge in [0.1, 0.15) is 5.76 Å². The summed E-state index contributed by atoms with van der Waals surface area (Å²) in [4.78, 5) is 22.3. The van der Waals surface area contributed by atoms with Crippen molar-refractivity contribution in [3.63, 3.8) is 0 Å². The first-order chi connectivity index (χ1) is 9.16. The molecule has 0 bridgehead atoms. The van der Waals surface area contributed by atoms with Gasteiger partial charge in [-0.2, -0.15) is 0 Å². The normalized spacial score (nSPS) is 12.0. The molecule has 1 atom stereocenters. The standard InChI is InChI=1S/C14H13NO4/c16-13(11-5-2-1-3-6-11)9-12(10-15(17)18)14-7-4-8-19-14/h1-8,12H,9-10H2/t12-/m1/s1. The lowest BCUT2D eigenvalue weighted by Gasteiger charge is -2.09. The van der Waals surface area contributed by atoms with E-state index in [-0.39, 0.29) is 18.7 Å². The van der Waals surface area contributed by atoms with Crippen molar-refractivity contribution in [3.8, 4) is 0 Å². The fraction of sp³-hybridized carbons (Fsp3) is 0.214. The maximum atomic E-state index is 12.1. The molecule has 0 aliphatic rings. The molecule has 0 unspecified atom stereocenters. The number of Topliss-reactive ketones (excluding diaryl/α,β-unsaturated/α-hetero) is 1. The molecule has 1 aromatic heterocycles. The summed E-state index contributed by atoms with van der Waals surface area (Å²) in [6.45, 7) is -0.313. The van der Waals surface area contributed by atoms with E-state index in [2.05, 4.69) is 0 Å². The van der Waals surface area contributed by atoms with Crippen molar-refractivity contribution in [2.45, 2.75) is 12.3 Å². The third-order valence-electron chi connectivity index (χ3n) is 2.84. The van der Waals surface area contributed by atoms with Gasteiger partial charge in [-0.3, -0.25) is 14.9 Å². The van der Waals surface area contributed by atoms with Gasteiger partial charge >= 0.3 is 0 Å². The minimum Gasteiger partial charge on any atom is -0.469 e. The number of nitrogens with zero attached hydrogens (tertiary/aromatic N) is 1. The monoisotopic (exact) mass is 259 g/mol. The molecule has 0 saturated carbocycles. The van der Waals surface area contributed by atoms with E-state index in [9.17, 15) is 14.9 Å². The third kappa shape index (κ3) is 3.51. The van der Waals surface area contributed by atoms with Crippen LogP contribution in [0.1, 0.15) is 28.5 Å². The Bertz CT molecular complexity index is 548. The average molecular weight is 259 g/mol. The fourth-order valence-corrected chi connectivity index (χ4v) is 1.92. The predicted molar refractivity (Wildman–Crippen MR) is 68.7 cm³/mol. The lowest BCUT2D eigenvalue weighted by Crippen LogP contribution is -2.16. The number of carbonyl (C=O) groups is 1. The second-order valence-electron chi connectivity index (χ2n) is 4.22. The van der Waals surface area contributed by atoms with E-state index in [1.54, 1.807) is 36.4 Å². The summed E-state index contributed by atoms with van der Waals surface area (Å²) in [7, 11) is 0. The van der Waals surface area contributed by atoms with Crippen molar-refractivity contribution in [2.24, 2.45) is 0 Å². The van der Waals surface area contributed by atoms with Gasteiger partial charge in [-0.05, 0) is 12.1 Å². The smallest absolute Gasteiger partial charge is 0.214 e. The van der Waals surface area contributed by atoms with E-state index >= 15 is 0 Å². The van der Waals surface area contributed by atoms with Gasteiger partial charge < -0.3 is 4.42 Å². The van der Waals surface area contributed by atoms with Crippen LogP contribution in [0.25, 0.3) is 0 Å². The molecule has 2 rings (SSSR count). The molecule has 0 fully saturated rings. The summed E-state index contributed by atoms with van der Waals surface area (Å²) >= 11 is 0. The minimum atomic E-state index is -0.530. The number of ketones is 1. The number of rotatable bonds is 6. The van der Waals surface area contributed by atoms with Crippen molar-refractivity contribution in [3.05, 3.63) is 70.2 Å². The Morgan fingerprint density at radius 3 is 2.53 bits per heavy atom. The Morgan fingerprint density at radius 2 is 1.95 bits per heavy atom. The topological polar surface area (TPSA) is 73.3 Å². The number of benzene rings is 1. The SMILES string of the molecule is O=C(C[C@H](C[N+](=O)[O-])c1ccco1)c1ccccc1. The predicted octanol–water partition coefficient (Wildman–Crippen LogP) is 2.91. The third-order valence-corrected chi connectivity index (χ3v) is 2.84. The molecule has 5 nitrogen and oxygen atoms in total. The number of hydrogen-bond acceptors (Lipinski definition) is 4. The van der Waals surface area contributed by atoms with Crippen LogP contribution in [0, 0.1) is 10.1 Å². The van der Waals surface area contributed by atoms with Crippen LogP contribution in [-0.4, -0.2) is 17.3 Å². The van der Waals surface area contributed by atoms with Gasteiger partial charge in [-0.15, -0.1) is 0 Å². The second-order valence-corrected chi connectivity index (χ2v) is 4.22. The van der Waals surface area contributed by atoms with Crippen LogP contribution in [0.15, 0.2) is 53.1 Å². The van der Waals surface area contributed by atoms with Crippen LogP contribution < -0.4 is 0 Å². The first-order valence-corrected chi connectivity index (χ1v) is 5.90. The van der Waals surface area contributed by atoms with E-state index in [1.807, 2.05) is 6.07 Å². The van der Waals surface area contributed by atoms with E-state index in [1.165, 1.54) is 6.26 Å². The average Bonchev–Trinajstić information content (AvgIpc) is 2.92. The van der Waals surface area contributed by atoms with Crippen molar-refractivity contribution in [1.82, 2.24) is 0 Å². The fourth-order valence-electron chi connectivity index (χ4n) is 1.92. The summed E-state index contributed by atoms with van der Waals surface area (Å²) in [5.74, 6) is -0.178. The molecule has 1 aromatic carbocycles. The van der Waals surface area contributed by atoms with Crippen LogP contribution in [0.2, 0.25) is 0 Å².